The van der Waals surface area contributed by atoms with Crippen molar-refractivity contribution in [2.75, 3.05) is 5.32 Å². The molecule has 1 aromatic heterocycles. The van der Waals surface area contributed by atoms with E-state index in [0.29, 0.717) is 18.7 Å². The van der Waals surface area contributed by atoms with Gasteiger partial charge in [-0.2, -0.15) is 0 Å². The van der Waals surface area contributed by atoms with E-state index in [1.807, 2.05) is 43.3 Å². The number of aromatic nitrogens is 1. The van der Waals surface area contributed by atoms with Crippen molar-refractivity contribution in [2.45, 2.75) is 26.9 Å². The standard InChI is InChI=1S/C22H23N3O/c1-16-6-5-8-18(10-16)12-25-22(26)20-11-21(15-23-13-20)24-14-19-9-4-3-7-17(19)2/h3-11,13,15,24H,12,14H2,1-2H3,(H,25,26). The molecule has 0 unspecified atom stereocenters. The van der Waals surface area contributed by atoms with Crippen molar-refractivity contribution in [3.05, 3.63) is 94.8 Å². The van der Waals surface area contributed by atoms with Crippen LogP contribution in [0.15, 0.2) is 67.0 Å². The largest absolute Gasteiger partial charge is 0.380 e. The van der Waals surface area contributed by atoms with Crippen LogP contribution in [0.2, 0.25) is 0 Å². The Morgan fingerprint density at radius 3 is 2.62 bits per heavy atom. The van der Waals surface area contributed by atoms with Gasteiger partial charge in [0.15, 0.2) is 0 Å². The number of carbonyl (C=O) groups excluding carboxylic acids is 1. The summed E-state index contributed by atoms with van der Waals surface area (Å²) in [6.45, 7) is 5.33. The van der Waals surface area contributed by atoms with Crippen LogP contribution in [-0.2, 0) is 13.1 Å². The summed E-state index contributed by atoms with van der Waals surface area (Å²) in [5.41, 5.74) is 6.10. The van der Waals surface area contributed by atoms with Gasteiger partial charge in [-0.3, -0.25) is 9.78 Å². The number of carbonyl (C=O) groups is 1. The van der Waals surface area contributed by atoms with Crippen LogP contribution in [0, 0.1) is 13.8 Å². The van der Waals surface area contributed by atoms with Crippen LogP contribution in [0.1, 0.15) is 32.6 Å². The van der Waals surface area contributed by atoms with Crippen LogP contribution in [0.5, 0.6) is 0 Å². The van der Waals surface area contributed by atoms with Crippen molar-refractivity contribution in [1.82, 2.24) is 10.3 Å². The molecule has 0 spiro atoms. The first kappa shape index (κ1) is 17.7. The minimum absolute atomic E-state index is 0.126. The molecular weight excluding hydrogens is 322 g/mol. The fourth-order valence-corrected chi connectivity index (χ4v) is 2.77. The topological polar surface area (TPSA) is 54.0 Å². The van der Waals surface area contributed by atoms with Crippen LogP contribution in [0.3, 0.4) is 0 Å². The molecule has 0 atom stereocenters. The smallest absolute Gasteiger partial charge is 0.253 e. The summed E-state index contributed by atoms with van der Waals surface area (Å²) in [6.07, 6.45) is 3.32. The molecule has 2 N–H and O–H groups in total. The molecule has 0 fully saturated rings. The van der Waals surface area contributed by atoms with Crippen LogP contribution < -0.4 is 10.6 Å². The molecular formula is C22H23N3O. The Morgan fingerprint density at radius 1 is 0.962 bits per heavy atom. The Kier molecular flexibility index (Phi) is 5.64. The van der Waals surface area contributed by atoms with Crippen molar-refractivity contribution < 1.29 is 4.79 Å². The number of aryl methyl sites for hydroxylation is 2. The van der Waals surface area contributed by atoms with Crippen molar-refractivity contribution in [2.24, 2.45) is 0 Å². The first-order valence-corrected chi connectivity index (χ1v) is 8.69. The van der Waals surface area contributed by atoms with Gasteiger partial charge >= 0.3 is 0 Å². The molecule has 0 saturated heterocycles. The molecule has 1 heterocycles. The summed E-state index contributed by atoms with van der Waals surface area (Å²) in [7, 11) is 0. The van der Waals surface area contributed by atoms with Crippen LogP contribution in [-0.4, -0.2) is 10.9 Å². The predicted molar refractivity (Wildman–Crippen MR) is 105 cm³/mol. The molecule has 0 saturated carbocycles. The van der Waals surface area contributed by atoms with Gasteiger partial charge in [0.1, 0.15) is 0 Å². The van der Waals surface area contributed by atoms with E-state index in [-0.39, 0.29) is 5.91 Å². The number of pyridine rings is 1. The molecule has 0 aliphatic rings. The van der Waals surface area contributed by atoms with Crippen molar-refractivity contribution in [3.63, 3.8) is 0 Å². The summed E-state index contributed by atoms with van der Waals surface area (Å²) in [5.74, 6) is -0.126. The van der Waals surface area contributed by atoms with Gasteiger partial charge in [0, 0.05) is 25.5 Å². The van der Waals surface area contributed by atoms with Crippen molar-refractivity contribution in [1.29, 1.82) is 0 Å². The Morgan fingerprint density at radius 2 is 1.81 bits per heavy atom. The maximum atomic E-state index is 12.4. The van der Waals surface area contributed by atoms with Gasteiger partial charge in [-0.25, -0.2) is 0 Å². The molecule has 3 rings (SSSR count). The lowest BCUT2D eigenvalue weighted by Gasteiger charge is -2.10. The summed E-state index contributed by atoms with van der Waals surface area (Å²) < 4.78 is 0. The van der Waals surface area contributed by atoms with E-state index < -0.39 is 0 Å². The fourth-order valence-electron chi connectivity index (χ4n) is 2.77. The van der Waals surface area contributed by atoms with E-state index in [2.05, 4.69) is 40.7 Å². The monoisotopic (exact) mass is 345 g/mol. The van der Waals surface area contributed by atoms with E-state index in [1.165, 1.54) is 16.7 Å². The second kappa shape index (κ2) is 8.30. The third-order valence-electron chi connectivity index (χ3n) is 4.28. The molecule has 0 radical (unpaired) electrons. The number of benzene rings is 2. The van der Waals surface area contributed by atoms with Crippen LogP contribution in [0.4, 0.5) is 5.69 Å². The Labute approximate surface area is 154 Å². The van der Waals surface area contributed by atoms with E-state index in [1.54, 1.807) is 12.4 Å². The first-order chi connectivity index (χ1) is 12.6. The van der Waals surface area contributed by atoms with Gasteiger partial charge in [0.05, 0.1) is 11.3 Å². The normalized spacial score (nSPS) is 10.4. The minimum atomic E-state index is -0.126. The molecule has 132 valence electrons. The molecule has 0 aliphatic heterocycles. The number of hydrogen-bond acceptors (Lipinski definition) is 3. The zero-order valence-corrected chi connectivity index (χ0v) is 15.1. The lowest BCUT2D eigenvalue weighted by atomic mass is 10.1. The number of nitrogens with zero attached hydrogens (tertiary/aromatic N) is 1. The number of amides is 1. The molecule has 2 aromatic carbocycles. The Bertz CT molecular complexity index is 905. The fraction of sp³-hybridized carbons (Fsp3) is 0.182. The average molecular weight is 345 g/mol. The zero-order valence-electron chi connectivity index (χ0n) is 15.1. The molecule has 4 heteroatoms. The van der Waals surface area contributed by atoms with Crippen LogP contribution in [0.25, 0.3) is 0 Å². The molecule has 4 nitrogen and oxygen atoms in total. The predicted octanol–water partition coefficient (Wildman–Crippen LogP) is 4.24. The molecule has 3 aromatic rings. The van der Waals surface area contributed by atoms with Gasteiger partial charge < -0.3 is 10.6 Å². The van der Waals surface area contributed by atoms with Crippen LogP contribution >= 0.6 is 0 Å². The van der Waals surface area contributed by atoms with E-state index in [9.17, 15) is 4.79 Å². The highest BCUT2D eigenvalue weighted by atomic mass is 16.1. The second-order valence-corrected chi connectivity index (χ2v) is 6.41. The maximum absolute atomic E-state index is 12.4. The summed E-state index contributed by atoms with van der Waals surface area (Å²) >= 11 is 0. The second-order valence-electron chi connectivity index (χ2n) is 6.41. The third-order valence-corrected chi connectivity index (χ3v) is 4.28. The van der Waals surface area contributed by atoms with Crippen molar-refractivity contribution in [3.8, 4) is 0 Å². The van der Waals surface area contributed by atoms with Gasteiger partial charge in [0.2, 0.25) is 0 Å². The maximum Gasteiger partial charge on any atom is 0.253 e. The van der Waals surface area contributed by atoms with Gasteiger partial charge in [-0.15, -0.1) is 0 Å². The quantitative estimate of drug-likeness (QED) is 0.702. The Balaban J connectivity index is 1.61. The lowest BCUT2D eigenvalue weighted by molar-refractivity contribution is 0.0950. The number of nitrogens with one attached hydrogen (secondary N) is 2. The van der Waals surface area contributed by atoms with E-state index in [0.717, 1.165) is 11.3 Å². The highest BCUT2D eigenvalue weighted by Gasteiger charge is 2.07. The van der Waals surface area contributed by atoms with Gasteiger partial charge in [0.25, 0.3) is 5.91 Å². The number of hydrogen-bond donors (Lipinski definition) is 2. The van der Waals surface area contributed by atoms with Gasteiger partial charge in [-0.1, -0.05) is 54.1 Å². The lowest BCUT2D eigenvalue weighted by Crippen LogP contribution is -2.23. The third kappa shape index (κ3) is 4.70. The minimum Gasteiger partial charge on any atom is -0.380 e. The van der Waals surface area contributed by atoms with Crippen molar-refractivity contribution >= 4 is 11.6 Å². The molecule has 26 heavy (non-hydrogen) atoms. The zero-order chi connectivity index (χ0) is 18.4. The highest BCUT2D eigenvalue weighted by molar-refractivity contribution is 5.94. The van der Waals surface area contributed by atoms with E-state index in [4.69, 9.17) is 0 Å². The molecule has 0 bridgehead atoms. The average Bonchev–Trinajstić information content (AvgIpc) is 2.66. The number of anilines is 1. The highest BCUT2D eigenvalue weighted by Crippen LogP contribution is 2.13. The first-order valence-electron chi connectivity index (χ1n) is 8.69. The van der Waals surface area contributed by atoms with E-state index >= 15 is 0 Å². The summed E-state index contributed by atoms with van der Waals surface area (Å²) in [5, 5.41) is 6.28. The molecule has 0 aliphatic carbocycles. The molecule has 1 amide bonds. The summed E-state index contributed by atoms with van der Waals surface area (Å²) in [4.78, 5) is 16.6. The SMILES string of the molecule is Cc1cccc(CNC(=O)c2cncc(NCc3ccccc3C)c2)c1. The van der Waals surface area contributed by atoms with Gasteiger partial charge in [-0.05, 0) is 36.6 Å². The summed E-state index contributed by atoms with van der Waals surface area (Å²) in [6, 6.07) is 18.2. The number of rotatable bonds is 6. The Hall–Kier alpha value is -3.14.